The molecule has 0 aromatic heterocycles. The molecule has 0 N–H and O–H groups in total. The zero-order valence-electron chi connectivity index (χ0n) is 8.84. The maximum atomic E-state index is 11.9. The molecule has 0 radical (unpaired) electrons. The van der Waals surface area contributed by atoms with E-state index in [1.165, 1.54) is 0 Å². The van der Waals surface area contributed by atoms with E-state index in [4.69, 9.17) is 0 Å². The minimum Gasteiger partial charge on any atom is -0.300 e. The van der Waals surface area contributed by atoms with E-state index in [2.05, 4.69) is 6.58 Å². The van der Waals surface area contributed by atoms with Crippen LogP contribution in [-0.2, 0) is 9.59 Å². The van der Waals surface area contributed by atoms with Crippen LogP contribution in [0.3, 0.4) is 0 Å². The number of hydrogen-bond acceptors (Lipinski definition) is 2. The first-order valence-electron chi connectivity index (χ1n) is 5.30. The van der Waals surface area contributed by atoms with Gasteiger partial charge in [-0.3, -0.25) is 9.59 Å². The zero-order valence-corrected chi connectivity index (χ0v) is 8.84. The molecule has 0 spiro atoms. The molecule has 1 fully saturated rings. The molecule has 2 nitrogen and oxygen atoms in total. The molecule has 0 aromatic carbocycles. The maximum Gasteiger partial charge on any atom is 0.139 e. The summed E-state index contributed by atoms with van der Waals surface area (Å²) in [6.07, 6.45) is 5.50. The standard InChI is InChI=1S/C12H18O2/c1-3-8-12(4-2)9-7-10(13)5-6-11(12)14/h3H,1,4-9H2,2H3/t12-/m1/s1. The Morgan fingerprint density at radius 2 is 2.07 bits per heavy atom. The highest BCUT2D eigenvalue weighted by Gasteiger charge is 2.37. The first kappa shape index (κ1) is 11.2. The van der Waals surface area contributed by atoms with Crippen molar-refractivity contribution in [2.75, 3.05) is 0 Å². The third-order valence-electron chi connectivity index (χ3n) is 3.32. The third kappa shape index (κ3) is 2.11. The van der Waals surface area contributed by atoms with Crippen molar-refractivity contribution in [1.29, 1.82) is 0 Å². The Bertz CT molecular complexity index is 255. The van der Waals surface area contributed by atoms with E-state index in [-0.39, 0.29) is 17.0 Å². The molecule has 78 valence electrons. The van der Waals surface area contributed by atoms with Crippen molar-refractivity contribution in [2.45, 2.75) is 45.4 Å². The van der Waals surface area contributed by atoms with Gasteiger partial charge in [-0.2, -0.15) is 0 Å². The lowest BCUT2D eigenvalue weighted by Gasteiger charge is -2.28. The lowest BCUT2D eigenvalue weighted by molar-refractivity contribution is -0.129. The van der Waals surface area contributed by atoms with E-state index in [1.807, 2.05) is 6.92 Å². The fourth-order valence-electron chi connectivity index (χ4n) is 2.17. The Morgan fingerprint density at radius 3 is 2.64 bits per heavy atom. The van der Waals surface area contributed by atoms with Gasteiger partial charge in [-0.05, 0) is 19.3 Å². The summed E-state index contributed by atoms with van der Waals surface area (Å²) in [5, 5.41) is 0. The summed E-state index contributed by atoms with van der Waals surface area (Å²) in [4.78, 5) is 23.2. The lowest BCUT2D eigenvalue weighted by Crippen LogP contribution is -2.28. The van der Waals surface area contributed by atoms with Gasteiger partial charge in [0.1, 0.15) is 11.6 Å². The molecule has 2 heteroatoms. The molecule has 0 aliphatic heterocycles. The Balaban J connectivity index is 2.85. The maximum absolute atomic E-state index is 11.9. The highest BCUT2D eigenvalue weighted by Crippen LogP contribution is 2.37. The summed E-state index contributed by atoms with van der Waals surface area (Å²) < 4.78 is 0. The number of carbonyl (C=O) groups excluding carboxylic acids is 2. The topological polar surface area (TPSA) is 34.1 Å². The lowest BCUT2D eigenvalue weighted by atomic mass is 9.74. The van der Waals surface area contributed by atoms with Gasteiger partial charge >= 0.3 is 0 Å². The Labute approximate surface area is 85.4 Å². The van der Waals surface area contributed by atoms with Gasteiger partial charge in [-0.25, -0.2) is 0 Å². The molecule has 0 unspecified atom stereocenters. The van der Waals surface area contributed by atoms with Crippen molar-refractivity contribution in [3.63, 3.8) is 0 Å². The number of carbonyl (C=O) groups is 2. The molecule has 0 heterocycles. The van der Waals surface area contributed by atoms with E-state index >= 15 is 0 Å². The van der Waals surface area contributed by atoms with Crippen LogP contribution in [-0.4, -0.2) is 11.6 Å². The van der Waals surface area contributed by atoms with Gasteiger partial charge in [0.2, 0.25) is 0 Å². The van der Waals surface area contributed by atoms with Crippen LogP contribution in [0.5, 0.6) is 0 Å². The number of rotatable bonds is 3. The van der Waals surface area contributed by atoms with Crippen molar-refractivity contribution >= 4 is 11.6 Å². The third-order valence-corrected chi connectivity index (χ3v) is 3.32. The molecule has 0 bridgehead atoms. The van der Waals surface area contributed by atoms with Crippen molar-refractivity contribution in [3.8, 4) is 0 Å². The van der Waals surface area contributed by atoms with E-state index in [0.717, 1.165) is 12.8 Å². The first-order chi connectivity index (χ1) is 6.64. The van der Waals surface area contributed by atoms with E-state index < -0.39 is 0 Å². The van der Waals surface area contributed by atoms with Crippen LogP contribution < -0.4 is 0 Å². The van der Waals surface area contributed by atoms with Crippen LogP contribution in [0.25, 0.3) is 0 Å². The number of hydrogen-bond donors (Lipinski definition) is 0. The average Bonchev–Trinajstić information content (AvgIpc) is 2.32. The van der Waals surface area contributed by atoms with E-state index in [9.17, 15) is 9.59 Å². The fraction of sp³-hybridized carbons (Fsp3) is 0.667. The molecular formula is C12H18O2. The van der Waals surface area contributed by atoms with Gasteiger partial charge in [0.15, 0.2) is 0 Å². The van der Waals surface area contributed by atoms with Gasteiger partial charge in [0.25, 0.3) is 0 Å². The van der Waals surface area contributed by atoms with Crippen LogP contribution in [0, 0.1) is 5.41 Å². The SMILES string of the molecule is C=CC[C@]1(CC)CCC(=O)CCC1=O. The van der Waals surface area contributed by atoms with E-state index in [1.54, 1.807) is 6.08 Å². The van der Waals surface area contributed by atoms with Crippen LogP contribution in [0.2, 0.25) is 0 Å². The molecule has 1 aliphatic carbocycles. The molecule has 1 atom stereocenters. The van der Waals surface area contributed by atoms with Crippen molar-refractivity contribution in [3.05, 3.63) is 12.7 Å². The first-order valence-corrected chi connectivity index (χ1v) is 5.30. The molecule has 14 heavy (non-hydrogen) atoms. The minimum absolute atomic E-state index is 0.234. The zero-order chi connectivity index (χ0) is 10.6. The predicted octanol–water partition coefficient (Wildman–Crippen LogP) is 2.67. The Morgan fingerprint density at radius 1 is 1.36 bits per heavy atom. The van der Waals surface area contributed by atoms with Gasteiger partial charge in [0, 0.05) is 24.7 Å². The predicted molar refractivity (Wildman–Crippen MR) is 56.0 cm³/mol. The summed E-state index contributed by atoms with van der Waals surface area (Å²) in [7, 11) is 0. The Hall–Kier alpha value is -0.920. The number of Topliss-reactive ketones (excluding diaryl/α,β-unsaturated/α-hetero) is 2. The average molecular weight is 194 g/mol. The number of ketones is 2. The fourth-order valence-corrected chi connectivity index (χ4v) is 2.17. The van der Waals surface area contributed by atoms with Crippen LogP contribution in [0.1, 0.15) is 45.4 Å². The van der Waals surface area contributed by atoms with Gasteiger partial charge in [-0.1, -0.05) is 13.0 Å². The van der Waals surface area contributed by atoms with Gasteiger partial charge in [0.05, 0.1) is 0 Å². The molecule has 1 rings (SSSR count). The molecular weight excluding hydrogens is 176 g/mol. The largest absolute Gasteiger partial charge is 0.300 e. The van der Waals surface area contributed by atoms with Crippen LogP contribution in [0.15, 0.2) is 12.7 Å². The minimum atomic E-state index is -0.284. The quantitative estimate of drug-likeness (QED) is 0.511. The van der Waals surface area contributed by atoms with Gasteiger partial charge in [-0.15, -0.1) is 6.58 Å². The highest BCUT2D eigenvalue weighted by atomic mass is 16.1. The monoisotopic (exact) mass is 194 g/mol. The molecule has 0 amide bonds. The second kappa shape index (κ2) is 4.54. The van der Waals surface area contributed by atoms with E-state index in [0.29, 0.717) is 25.7 Å². The summed E-state index contributed by atoms with van der Waals surface area (Å²) in [6.45, 7) is 5.72. The highest BCUT2D eigenvalue weighted by molar-refractivity contribution is 5.92. The Kier molecular flexibility index (Phi) is 3.62. The van der Waals surface area contributed by atoms with Gasteiger partial charge < -0.3 is 0 Å². The summed E-state index contributed by atoms with van der Waals surface area (Å²) in [5.41, 5.74) is -0.284. The summed E-state index contributed by atoms with van der Waals surface area (Å²) >= 11 is 0. The summed E-state index contributed by atoms with van der Waals surface area (Å²) in [6, 6.07) is 0. The van der Waals surface area contributed by atoms with Crippen molar-refractivity contribution in [1.82, 2.24) is 0 Å². The second-order valence-corrected chi connectivity index (χ2v) is 4.09. The normalized spacial score (nSPS) is 28.6. The van der Waals surface area contributed by atoms with Crippen molar-refractivity contribution < 1.29 is 9.59 Å². The molecule has 0 aromatic rings. The van der Waals surface area contributed by atoms with Crippen molar-refractivity contribution in [2.24, 2.45) is 5.41 Å². The smallest absolute Gasteiger partial charge is 0.139 e. The molecule has 1 saturated carbocycles. The summed E-state index contributed by atoms with van der Waals surface area (Å²) in [5.74, 6) is 0.489. The second-order valence-electron chi connectivity index (χ2n) is 4.09. The molecule has 0 saturated heterocycles. The van der Waals surface area contributed by atoms with Crippen LogP contribution >= 0.6 is 0 Å². The number of allylic oxidation sites excluding steroid dienone is 1. The van der Waals surface area contributed by atoms with Crippen LogP contribution in [0.4, 0.5) is 0 Å². The molecule has 1 aliphatic rings.